The minimum Gasteiger partial charge on any atom is -0.352 e. The van der Waals surface area contributed by atoms with E-state index in [4.69, 9.17) is 0 Å². The standard InChI is InChI=1S/C16H13F2N3O2S2/c1-10-2-7-16(24-10)25(22,23)21-15-6-4-12(9-19-15)20-14-5-3-11(17)8-13(14)18/h2-9,20H,1H3,(H,19,21). The van der Waals surface area contributed by atoms with Crippen molar-refractivity contribution >= 4 is 38.6 Å². The number of sulfonamides is 1. The fraction of sp³-hybridized carbons (Fsp3) is 0.0625. The Bertz CT molecular complexity index is 1000. The van der Waals surface area contributed by atoms with Gasteiger partial charge >= 0.3 is 0 Å². The van der Waals surface area contributed by atoms with Gasteiger partial charge in [-0.2, -0.15) is 0 Å². The third-order valence-electron chi connectivity index (χ3n) is 3.19. The minimum atomic E-state index is -3.69. The maximum Gasteiger partial charge on any atom is 0.272 e. The van der Waals surface area contributed by atoms with Gasteiger partial charge in [0.15, 0.2) is 0 Å². The molecule has 9 heteroatoms. The Labute approximate surface area is 147 Å². The van der Waals surface area contributed by atoms with Crippen LogP contribution in [0.25, 0.3) is 0 Å². The molecule has 0 saturated carbocycles. The molecule has 1 aromatic carbocycles. The summed E-state index contributed by atoms with van der Waals surface area (Å²) in [6, 6.07) is 9.38. The summed E-state index contributed by atoms with van der Waals surface area (Å²) in [4.78, 5) is 4.88. The number of hydrogen-bond acceptors (Lipinski definition) is 5. The number of anilines is 3. The van der Waals surface area contributed by atoms with Crippen LogP contribution in [0, 0.1) is 18.6 Å². The summed E-state index contributed by atoms with van der Waals surface area (Å²) in [7, 11) is -3.69. The zero-order chi connectivity index (χ0) is 18.0. The van der Waals surface area contributed by atoms with Crippen LogP contribution in [-0.2, 0) is 10.0 Å². The quantitative estimate of drug-likeness (QED) is 0.692. The lowest BCUT2D eigenvalue weighted by atomic mass is 10.3. The van der Waals surface area contributed by atoms with Crippen molar-refractivity contribution in [2.45, 2.75) is 11.1 Å². The lowest BCUT2D eigenvalue weighted by Gasteiger charge is -2.09. The van der Waals surface area contributed by atoms with Crippen molar-refractivity contribution in [3.8, 4) is 0 Å². The number of hydrogen-bond donors (Lipinski definition) is 2. The molecule has 0 atom stereocenters. The third kappa shape index (κ3) is 4.12. The molecule has 0 spiro atoms. The number of nitrogens with one attached hydrogen (secondary N) is 2. The molecule has 0 radical (unpaired) electrons. The summed E-state index contributed by atoms with van der Waals surface area (Å²) < 4.78 is 53.5. The monoisotopic (exact) mass is 381 g/mol. The molecule has 3 aromatic rings. The fourth-order valence-electron chi connectivity index (χ4n) is 2.02. The summed E-state index contributed by atoms with van der Waals surface area (Å²) in [5.74, 6) is -1.27. The van der Waals surface area contributed by atoms with Crippen molar-refractivity contribution in [1.82, 2.24) is 4.98 Å². The highest BCUT2D eigenvalue weighted by Crippen LogP contribution is 2.24. The summed E-state index contributed by atoms with van der Waals surface area (Å²) in [5, 5.41) is 2.75. The highest BCUT2D eigenvalue weighted by Gasteiger charge is 2.16. The number of nitrogens with zero attached hydrogens (tertiary/aromatic N) is 1. The van der Waals surface area contributed by atoms with Gasteiger partial charge in [-0.05, 0) is 43.3 Å². The predicted molar refractivity (Wildman–Crippen MR) is 93.7 cm³/mol. The smallest absolute Gasteiger partial charge is 0.272 e. The van der Waals surface area contributed by atoms with Gasteiger partial charge in [0.1, 0.15) is 21.7 Å². The molecule has 0 aliphatic carbocycles. The number of halogens is 2. The van der Waals surface area contributed by atoms with E-state index in [2.05, 4.69) is 15.0 Å². The molecule has 2 aromatic heterocycles. The molecule has 25 heavy (non-hydrogen) atoms. The molecular formula is C16H13F2N3O2S2. The van der Waals surface area contributed by atoms with Crippen LogP contribution in [0.3, 0.4) is 0 Å². The molecule has 2 N–H and O–H groups in total. The molecule has 0 aliphatic rings. The average Bonchev–Trinajstić information content (AvgIpc) is 2.99. The second kappa shape index (κ2) is 6.77. The Morgan fingerprint density at radius 3 is 2.48 bits per heavy atom. The highest BCUT2D eigenvalue weighted by atomic mass is 32.2. The first kappa shape index (κ1) is 17.3. The summed E-state index contributed by atoms with van der Waals surface area (Å²) >= 11 is 1.16. The van der Waals surface area contributed by atoms with Gasteiger partial charge < -0.3 is 5.32 Å². The summed E-state index contributed by atoms with van der Waals surface area (Å²) in [6.07, 6.45) is 1.35. The molecule has 0 fully saturated rings. The zero-order valence-corrected chi connectivity index (χ0v) is 14.6. The molecule has 0 amide bonds. The van der Waals surface area contributed by atoms with Crippen LogP contribution >= 0.6 is 11.3 Å². The largest absolute Gasteiger partial charge is 0.352 e. The van der Waals surface area contributed by atoms with Gasteiger partial charge in [-0.15, -0.1) is 11.3 Å². The minimum absolute atomic E-state index is 0.0885. The van der Waals surface area contributed by atoms with Gasteiger partial charge in [0.2, 0.25) is 0 Å². The van der Waals surface area contributed by atoms with Gasteiger partial charge in [0.05, 0.1) is 17.6 Å². The van der Waals surface area contributed by atoms with Crippen LogP contribution in [0.15, 0.2) is 52.9 Å². The molecule has 2 heterocycles. The summed E-state index contributed by atoms with van der Waals surface area (Å²) in [6.45, 7) is 1.82. The Hall–Kier alpha value is -2.52. The van der Waals surface area contributed by atoms with Crippen LogP contribution in [0.5, 0.6) is 0 Å². The van der Waals surface area contributed by atoms with E-state index in [1.165, 1.54) is 30.5 Å². The van der Waals surface area contributed by atoms with E-state index in [-0.39, 0.29) is 15.7 Å². The molecule has 0 aliphatic heterocycles. The first-order valence-corrected chi connectivity index (χ1v) is 9.41. The number of benzene rings is 1. The predicted octanol–water partition coefficient (Wildman–Crippen LogP) is 4.27. The maximum atomic E-state index is 13.6. The van der Waals surface area contributed by atoms with Crippen molar-refractivity contribution in [2.24, 2.45) is 0 Å². The lowest BCUT2D eigenvalue weighted by Crippen LogP contribution is -2.12. The van der Waals surface area contributed by atoms with E-state index < -0.39 is 21.7 Å². The van der Waals surface area contributed by atoms with E-state index in [1.807, 2.05) is 6.92 Å². The average molecular weight is 381 g/mol. The van der Waals surface area contributed by atoms with Gasteiger partial charge in [0, 0.05) is 10.9 Å². The fourth-order valence-corrected chi connectivity index (χ4v) is 4.31. The van der Waals surface area contributed by atoms with E-state index in [0.717, 1.165) is 28.3 Å². The van der Waals surface area contributed by atoms with Crippen molar-refractivity contribution in [3.63, 3.8) is 0 Å². The molecular weight excluding hydrogens is 368 g/mol. The van der Waals surface area contributed by atoms with E-state index in [9.17, 15) is 17.2 Å². The first-order chi connectivity index (χ1) is 11.8. The molecule has 130 valence electrons. The molecule has 3 rings (SSSR count). The van der Waals surface area contributed by atoms with E-state index in [0.29, 0.717) is 5.69 Å². The Balaban J connectivity index is 1.74. The number of aryl methyl sites for hydroxylation is 1. The Morgan fingerprint density at radius 2 is 1.88 bits per heavy atom. The van der Waals surface area contributed by atoms with Crippen molar-refractivity contribution in [2.75, 3.05) is 10.0 Å². The second-order valence-electron chi connectivity index (χ2n) is 5.15. The maximum absolute atomic E-state index is 13.6. The van der Waals surface area contributed by atoms with Gasteiger partial charge in [-0.25, -0.2) is 22.2 Å². The number of aromatic nitrogens is 1. The van der Waals surface area contributed by atoms with Crippen LogP contribution in [0.2, 0.25) is 0 Å². The number of thiophene rings is 1. The van der Waals surface area contributed by atoms with Crippen molar-refractivity contribution in [3.05, 3.63) is 65.2 Å². The molecule has 0 saturated heterocycles. The van der Waals surface area contributed by atoms with Crippen LogP contribution < -0.4 is 10.0 Å². The number of rotatable bonds is 5. The third-order valence-corrected chi connectivity index (χ3v) is 6.04. The van der Waals surface area contributed by atoms with Gasteiger partial charge in [-0.1, -0.05) is 0 Å². The van der Waals surface area contributed by atoms with Crippen LogP contribution in [0.1, 0.15) is 4.88 Å². The summed E-state index contributed by atoms with van der Waals surface area (Å²) in [5.41, 5.74) is 0.519. The number of pyridine rings is 1. The first-order valence-electron chi connectivity index (χ1n) is 7.11. The van der Waals surface area contributed by atoms with Crippen molar-refractivity contribution < 1.29 is 17.2 Å². The van der Waals surface area contributed by atoms with Gasteiger partial charge in [-0.3, -0.25) is 4.72 Å². The molecule has 0 unspecified atom stereocenters. The molecule has 0 bridgehead atoms. The highest BCUT2D eigenvalue weighted by molar-refractivity contribution is 7.94. The van der Waals surface area contributed by atoms with Crippen LogP contribution in [0.4, 0.5) is 26.0 Å². The van der Waals surface area contributed by atoms with Crippen molar-refractivity contribution in [1.29, 1.82) is 0 Å². The van der Waals surface area contributed by atoms with Crippen LogP contribution in [-0.4, -0.2) is 13.4 Å². The topological polar surface area (TPSA) is 71.1 Å². The SMILES string of the molecule is Cc1ccc(S(=O)(=O)Nc2ccc(Nc3ccc(F)cc3F)cn2)s1. The Kier molecular flexibility index (Phi) is 4.69. The molecule has 5 nitrogen and oxygen atoms in total. The lowest BCUT2D eigenvalue weighted by molar-refractivity contribution is 0.586. The van der Waals surface area contributed by atoms with E-state index in [1.54, 1.807) is 6.07 Å². The Morgan fingerprint density at radius 1 is 1.08 bits per heavy atom. The normalized spacial score (nSPS) is 11.3. The second-order valence-corrected chi connectivity index (χ2v) is 8.35. The van der Waals surface area contributed by atoms with Gasteiger partial charge in [0.25, 0.3) is 10.0 Å². The van der Waals surface area contributed by atoms with E-state index >= 15 is 0 Å². The zero-order valence-electron chi connectivity index (χ0n) is 13.0.